The van der Waals surface area contributed by atoms with Crippen molar-refractivity contribution >= 4 is 16.6 Å². The van der Waals surface area contributed by atoms with Crippen molar-refractivity contribution in [2.45, 2.75) is 20.3 Å². The predicted molar refractivity (Wildman–Crippen MR) is 83.1 cm³/mol. The quantitative estimate of drug-likeness (QED) is 0.929. The van der Waals surface area contributed by atoms with Gasteiger partial charge in [0.1, 0.15) is 0 Å². The van der Waals surface area contributed by atoms with E-state index in [1.807, 2.05) is 14.0 Å². The van der Waals surface area contributed by atoms with E-state index in [1.54, 1.807) is 0 Å². The van der Waals surface area contributed by atoms with Gasteiger partial charge in [-0.3, -0.25) is 0 Å². The van der Waals surface area contributed by atoms with Crippen molar-refractivity contribution in [3.8, 4) is 0 Å². The van der Waals surface area contributed by atoms with Gasteiger partial charge in [0.25, 0.3) is 0 Å². The number of hydrogen-bond donors (Lipinski definition) is 1. The van der Waals surface area contributed by atoms with E-state index in [9.17, 15) is 0 Å². The molecule has 0 spiro atoms. The van der Waals surface area contributed by atoms with E-state index in [0.29, 0.717) is 5.41 Å². The Morgan fingerprint density at radius 1 is 1.25 bits per heavy atom. The standard InChI is InChI=1S/C16H22N4/c1-12-13-6-4-5-7-14(13)15(19-18-12)20-9-8-16(2,11-20)10-17-3/h4-7,17H,8-11H2,1-3H3. The second kappa shape index (κ2) is 5.02. The molecule has 1 atom stereocenters. The number of anilines is 1. The fourth-order valence-electron chi connectivity index (χ4n) is 3.23. The number of fused-ring (bicyclic) bond motifs is 1. The molecular formula is C16H22N4. The van der Waals surface area contributed by atoms with Gasteiger partial charge in [0.2, 0.25) is 0 Å². The van der Waals surface area contributed by atoms with E-state index in [-0.39, 0.29) is 0 Å². The molecule has 0 amide bonds. The van der Waals surface area contributed by atoms with Gasteiger partial charge in [0, 0.05) is 30.4 Å². The fourth-order valence-corrected chi connectivity index (χ4v) is 3.23. The van der Waals surface area contributed by atoms with Gasteiger partial charge in [-0.25, -0.2) is 0 Å². The van der Waals surface area contributed by atoms with E-state index < -0.39 is 0 Å². The van der Waals surface area contributed by atoms with Gasteiger partial charge in [0.05, 0.1) is 5.69 Å². The molecule has 0 saturated carbocycles. The highest BCUT2D eigenvalue weighted by Crippen LogP contribution is 2.34. The number of aryl methyl sites for hydroxylation is 1. The van der Waals surface area contributed by atoms with Gasteiger partial charge >= 0.3 is 0 Å². The first-order valence-corrected chi connectivity index (χ1v) is 7.24. The summed E-state index contributed by atoms with van der Waals surface area (Å²) >= 11 is 0. The van der Waals surface area contributed by atoms with E-state index in [1.165, 1.54) is 17.2 Å². The molecule has 4 nitrogen and oxygen atoms in total. The van der Waals surface area contributed by atoms with Crippen molar-refractivity contribution < 1.29 is 0 Å². The first-order chi connectivity index (χ1) is 9.63. The summed E-state index contributed by atoms with van der Waals surface area (Å²) in [5.74, 6) is 1.03. The zero-order chi connectivity index (χ0) is 14.2. The van der Waals surface area contributed by atoms with Crippen molar-refractivity contribution in [1.82, 2.24) is 15.5 Å². The van der Waals surface area contributed by atoms with Crippen LogP contribution < -0.4 is 10.2 Å². The first-order valence-electron chi connectivity index (χ1n) is 7.24. The Labute approximate surface area is 120 Å². The van der Waals surface area contributed by atoms with Gasteiger partial charge in [-0.1, -0.05) is 31.2 Å². The zero-order valence-corrected chi connectivity index (χ0v) is 12.5. The molecule has 20 heavy (non-hydrogen) atoms. The lowest BCUT2D eigenvalue weighted by Gasteiger charge is -2.25. The third-order valence-corrected chi connectivity index (χ3v) is 4.31. The van der Waals surface area contributed by atoms with Crippen LogP contribution in [0.25, 0.3) is 10.8 Å². The highest BCUT2D eigenvalue weighted by atomic mass is 15.3. The maximum atomic E-state index is 4.47. The Morgan fingerprint density at radius 2 is 2.00 bits per heavy atom. The van der Waals surface area contributed by atoms with E-state index >= 15 is 0 Å². The van der Waals surface area contributed by atoms with Crippen LogP contribution in [0, 0.1) is 12.3 Å². The summed E-state index contributed by atoms with van der Waals surface area (Å²) in [6, 6.07) is 8.43. The Morgan fingerprint density at radius 3 is 2.75 bits per heavy atom. The average Bonchev–Trinajstić information content (AvgIpc) is 2.82. The molecule has 106 valence electrons. The molecule has 1 unspecified atom stereocenters. The maximum absolute atomic E-state index is 4.47. The highest BCUT2D eigenvalue weighted by Gasteiger charge is 2.34. The van der Waals surface area contributed by atoms with Gasteiger partial charge in [-0.2, -0.15) is 5.10 Å². The normalized spacial score (nSPS) is 22.6. The number of hydrogen-bond acceptors (Lipinski definition) is 4. The summed E-state index contributed by atoms with van der Waals surface area (Å²) in [6.45, 7) is 7.50. The molecule has 0 bridgehead atoms. The molecule has 3 rings (SSSR count). The Bertz CT molecular complexity index is 625. The van der Waals surface area contributed by atoms with Crippen molar-refractivity contribution in [3.63, 3.8) is 0 Å². The van der Waals surface area contributed by atoms with Crippen LogP contribution in [0.1, 0.15) is 19.0 Å². The molecule has 1 saturated heterocycles. The lowest BCUT2D eigenvalue weighted by Crippen LogP contribution is -2.33. The minimum Gasteiger partial charge on any atom is -0.354 e. The van der Waals surface area contributed by atoms with Crippen molar-refractivity contribution in [1.29, 1.82) is 0 Å². The topological polar surface area (TPSA) is 41.0 Å². The minimum atomic E-state index is 0.322. The summed E-state index contributed by atoms with van der Waals surface area (Å²) < 4.78 is 0. The first kappa shape index (κ1) is 13.3. The van der Waals surface area contributed by atoms with Crippen molar-refractivity contribution in [3.05, 3.63) is 30.0 Å². The number of nitrogens with zero attached hydrogens (tertiary/aromatic N) is 3. The molecule has 1 aromatic carbocycles. The van der Waals surface area contributed by atoms with Gasteiger partial charge in [0.15, 0.2) is 5.82 Å². The Hall–Kier alpha value is -1.68. The fraction of sp³-hybridized carbons (Fsp3) is 0.500. The zero-order valence-electron chi connectivity index (χ0n) is 12.5. The van der Waals surface area contributed by atoms with Crippen LogP contribution in [-0.2, 0) is 0 Å². The third kappa shape index (κ3) is 2.24. The number of aromatic nitrogens is 2. The molecule has 1 aliphatic heterocycles. The lowest BCUT2D eigenvalue weighted by atomic mass is 9.90. The van der Waals surface area contributed by atoms with Crippen LogP contribution in [0.15, 0.2) is 24.3 Å². The minimum absolute atomic E-state index is 0.322. The molecule has 1 N–H and O–H groups in total. The highest BCUT2D eigenvalue weighted by molar-refractivity contribution is 5.93. The van der Waals surface area contributed by atoms with E-state index in [4.69, 9.17) is 0 Å². The van der Waals surface area contributed by atoms with Crippen molar-refractivity contribution in [2.75, 3.05) is 31.6 Å². The van der Waals surface area contributed by atoms with Crippen LogP contribution >= 0.6 is 0 Å². The number of rotatable bonds is 3. The van der Waals surface area contributed by atoms with Crippen LogP contribution in [0.5, 0.6) is 0 Å². The third-order valence-electron chi connectivity index (χ3n) is 4.31. The second-order valence-corrected chi connectivity index (χ2v) is 6.17. The SMILES string of the molecule is CNCC1(C)CCN(c2nnc(C)c3ccccc23)C1. The van der Waals surface area contributed by atoms with Crippen LogP contribution in [0.2, 0.25) is 0 Å². The van der Waals surface area contributed by atoms with Crippen molar-refractivity contribution in [2.24, 2.45) is 5.41 Å². The molecule has 0 aliphatic carbocycles. The molecule has 0 radical (unpaired) electrons. The molecule has 4 heteroatoms. The predicted octanol–water partition coefficient (Wildman–Crippen LogP) is 2.37. The second-order valence-electron chi connectivity index (χ2n) is 6.17. The molecule has 1 aliphatic rings. The van der Waals surface area contributed by atoms with Gasteiger partial charge in [-0.05, 0) is 25.8 Å². The average molecular weight is 270 g/mol. The van der Waals surface area contributed by atoms with Crippen LogP contribution in [0.3, 0.4) is 0 Å². The summed E-state index contributed by atoms with van der Waals surface area (Å²) in [6.07, 6.45) is 1.19. The Balaban J connectivity index is 1.98. The molecule has 2 heterocycles. The van der Waals surface area contributed by atoms with E-state index in [2.05, 4.69) is 51.6 Å². The van der Waals surface area contributed by atoms with Crippen LogP contribution in [0.4, 0.5) is 5.82 Å². The largest absolute Gasteiger partial charge is 0.354 e. The van der Waals surface area contributed by atoms with Gasteiger partial charge in [-0.15, -0.1) is 5.10 Å². The summed E-state index contributed by atoms with van der Waals surface area (Å²) in [4.78, 5) is 2.38. The summed E-state index contributed by atoms with van der Waals surface area (Å²) in [5, 5.41) is 14.5. The maximum Gasteiger partial charge on any atom is 0.159 e. The van der Waals surface area contributed by atoms with E-state index in [0.717, 1.165) is 31.1 Å². The smallest absolute Gasteiger partial charge is 0.159 e. The Kier molecular flexibility index (Phi) is 3.34. The summed E-state index contributed by atoms with van der Waals surface area (Å²) in [5.41, 5.74) is 1.32. The van der Waals surface area contributed by atoms with Crippen LogP contribution in [-0.4, -0.2) is 36.9 Å². The lowest BCUT2D eigenvalue weighted by molar-refractivity contribution is 0.356. The molecule has 1 aromatic heterocycles. The number of nitrogens with one attached hydrogen (secondary N) is 1. The van der Waals surface area contributed by atoms with Gasteiger partial charge < -0.3 is 10.2 Å². The monoisotopic (exact) mass is 270 g/mol. The molecule has 1 fully saturated rings. The summed E-state index contributed by atoms with van der Waals surface area (Å²) in [7, 11) is 2.02. The number of benzene rings is 1. The molecular weight excluding hydrogens is 248 g/mol. The molecule has 2 aromatic rings.